The second-order valence-corrected chi connectivity index (χ2v) is 10.5. The Balaban J connectivity index is 0.000000331. The van der Waals surface area contributed by atoms with Gasteiger partial charge in [-0.2, -0.15) is 0 Å². The van der Waals surface area contributed by atoms with Gasteiger partial charge in [-0.15, -0.1) is 0 Å². The normalized spacial score (nSPS) is 26.9. The average molecular weight is 492 g/mol. The molecule has 4 aliphatic carbocycles. The number of hydrogen-bond acceptors (Lipinski definition) is 4. The third kappa shape index (κ3) is 7.05. The summed E-state index contributed by atoms with van der Waals surface area (Å²) in [5.41, 5.74) is 3.77. The lowest BCUT2D eigenvalue weighted by Gasteiger charge is -2.54. The largest absolute Gasteiger partial charge is 0.478 e. The van der Waals surface area contributed by atoms with Crippen molar-refractivity contribution >= 4 is 11.9 Å². The van der Waals surface area contributed by atoms with E-state index in [1.54, 1.807) is 0 Å². The zero-order chi connectivity index (χ0) is 25.5. The van der Waals surface area contributed by atoms with Gasteiger partial charge in [-0.25, -0.2) is 9.59 Å². The zero-order valence-electron chi connectivity index (χ0n) is 20.9. The minimum absolute atomic E-state index is 0.0158. The molecule has 4 fully saturated rings. The van der Waals surface area contributed by atoms with Crippen LogP contribution < -0.4 is 5.32 Å². The SMILES string of the molecule is Cc1ccc(C(OCCNC2C3CC4CC(C3)CC2C4)c2ccccc2)cc1.O=C(O)/C=C\C(=O)O. The van der Waals surface area contributed by atoms with Crippen molar-refractivity contribution in [3.05, 3.63) is 83.4 Å². The Bertz CT molecular complexity index is 989. The monoisotopic (exact) mass is 491 g/mol. The van der Waals surface area contributed by atoms with Crippen molar-refractivity contribution in [1.29, 1.82) is 0 Å². The molecule has 1 atom stereocenters. The average Bonchev–Trinajstić information content (AvgIpc) is 2.85. The maximum atomic E-state index is 9.55. The summed E-state index contributed by atoms with van der Waals surface area (Å²) in [6.45, 7) is 3.86. The number of aliphatic carboxylic acids is 2. The standard InChI is InChI=1S/C26H33NO.C4H4O4/c1-18-7-9-22(10-8-18)26(21-5-3-2-4-6-21)28-12-11-27-25-23-14-19-13-20(16-23)17-24(25)15-19;5-3(6)1-2-4(7)8/h2-10,19-20,23-27H,11-17H2,1H3;1-2H,(H,5,6)(H,7,8)/b;2-1-. The fraction of sp³-hybridized carbons (Fsp3) is 0.467. The highest BCUT2D eigenvalue weighted by Gasteiger charge is 2.47. The maximum Gasteiger partial charge on any atom is 0.328 e. The summed E-state index contributed by atoms with van der Waals surface area (Å²) in [5.74, 6) is 1.43. The molecule has 0 amide bonds. The molecule has 4 saturated carbocycles. The van der Waals surface area contributed by atoms with Crippen LogP contribution in [0.15, 0.2) is 66.7 Å². The van der Waals surface area contributed by atoms with E-state index in [4.69, 9.17) is 14.9 Å². The maximum absolute atomic E-state index is 9.55. The highest BCUT2D eigenvalue weighted by atomic mass is 16.5. The van der Waals surface area contributed by atoms with Gasteiger partial charge in [-0.1, -0.05) is 60.2 Å². The first-order valence-electron chi connectivity index (χ1n) is 13.0. The van der Waals surface area contributed by atoms with Crippen LogP contribution in [0.1, 0.15) is 54.9 Å². The number of ether oxygens (including phenoxy) is 1. The Morgan fingerprint density at radius 3 is 1.92 bits per heavy atom. The Morgan fingerprint density at radius 1 is 0.861 bits per heavy atom. The van der Waals surface area contributed by atoms with Crippen LogP contribution in [0.25, 0.3) is 0 Å². The van der Waals surface area contributed by atoms with E-state index in [1.807, 2.05) is 0 Å². The number of carbonyl (C=O) groups is 2. The molecular formula is C30H37NO5. The molecule has 1 unspecified atom stereocenters. The molecule has 0 radical (unpaired) electrons. The second kappa shape index (κ2) is 12.3. The van der Waals surface area contributed by atoms with Crippen LogP contribution in [0.2, 0.25) is 0 Å². The lowest BCUT2D eigenvalue weighted by molar-refractivity contribution is -0.134. The molecule has 4 aliphatic rings. The van der Waals surface area contributed by atoms with Crippen molar-refractivity contribution in [2.24, 2.45) is 23.7 Å². The van der Waals surface area contributed by atoms with E-state index in [-0.39, 0.29) is 6.10 Å². The van der Waals surface area contributed by atoms with Gasteiger partial charge in [0.2, 0.25) is 0 Å². The summed E-state index contributed by atoms with van der Waals surface area (Å²) in [4.78, 5) is 19.1. The van der Waals surface area contributed by atoms with Crippen molar-refractivity contribution < 1.29 is 24.5 Å². The van der Waals surface area contributed by atoms with E-state index >= 15 is 0 Å². The summed E-state index contributed by atoms with van der Waals surface area (Å²) >= 11 is 0. The minimum Gasteiger partial charge on any atom is -0.478 e. The Kier molecular flexibility index (Phi) is 8.94. The Morgan fingerprint density at radius 2 is 1.39 bits per heavy atom. The van der Waals surface area contributed by atoms with Gasteiger partial charge >= 0.3 is 11.9 Å². The van der Waals surface area contributed by atoms with E-state index in [2.05, 4.69) is 66.8 Å². The molecule has 192 valence electrons. The number of benzene rings is 2. The van der Waals surface area contributed by atoms with Crippen molar-refractivity contribution in [3.63, 3.8) is 0 Å². The van der Waals surface area contributed by atoms with Crippen LogP contribution >= 0.6 is 0 Å². The van der Waals surface area contributed by atoms with Crippen LogP contribution in [0, 0.1) is 30.6 Å². The summed E-state index contributed by atoms with van der Waals surface area (Å²) in [6.07, 6.45) is 8.55. The highest BCUT2D eigenvalue weighted by Crippen LogP contribution is 2.53. The molecule has 6 nitrogen and oxygen atoms in total. The molecule has 2 aromatic rings. The van der Waals surface area contributed by atoms with Gasteiger partial charge < -0.3 is 20.3 Å². The van der Waals surface area contributed by atoms with Gasteiger partial charge in [-0.3, -0.25) is 0 Å². The molecule has 0 aliphatic heterocycles. The molecule has 6 rings (SSSR count). The fourth-order valence-electron chi connectivity index (χ4n) is 6.56. The van der Waals surface area contributed by atoms with E-state index in [9.17, 15) is 9.59 Å². The van der Waals surface area contributed by atoms with Crippen LogP contribution in [-0.2, 0) is 14.3 Å². The van der Waals surface area contributed by atoms with E-state index in [0.717, 1.165) is 42.9 Å². The van der Waals surface area contributed by atoms with Crippen LogP contribution in [0.5, 0.6) is 0 Å². The molecule has 0 saturated heterocycles. The molecule has 3 N–H and O–H groups in total. The lowest BCUT2D eigenvalue weighted by atomic mass is 9.54. The first-order valence-corrected chi connectivity index (χ1v) is 13.0. The number of nitrogens with one attached hydrogen (secondary N) is 1. The lowest BCUT2D eigenvalue weighted by Crippen LogP contribution is -2.55. The number of aryl methyl sites for hydroxylation is 1. The summed E-state index contributed by atoms with van der Waals surface area (Å²) < 4.78 is 6.43. The fourth-order valence-corrected chi connectivity index (χ4v) is 6.56. The van der Waals surface area contributed by atoms with E-state index in [0.29, 0.717) is 12.2 Å². The summed E-state index contributed by atoms with van der Waals surface area (Å²) in [6, 6.07) is 20.2. The van der Waals surface area contributed by atoms with Crippen LogP contribution in [0.3, 0.4) is 0 Å². The van der Waals surface area contributed by atoms with Crippen LogP contribution in [0.4, 0.5) is 0 Å². The predicted molar refractivity (Wildman–Crippen MR) is 139 cm³/mol. The van der Waals surface area contributed by atoms with Crippen molar-refractivity contribution in [2.45, 2.75) is 51.2 Å². The van der Waals surface area contributed by atoms with Crippen LogP contribution in [-0.4, -0.2) is 41.3 Å². The summed E-state index contributed by atoms with van der Waals surface area (Å²) in [5, 5.41) is 19.5. The molecule has 0 heterocycles. The Hall–Kier alpha value is -2.96. The Labute approximate surface area is 213 Å². The third-order valence-corrected chi connectivity index (χ3v) is 7.84. The minimum atomic E-state index is -1.26. The zero-order valence-corrected chi connectivity index (χ0v) is 20.9. The van der Waals surface area contributed by atoms with Gasteiger partial charge in [0.15, 0.2) is 0 Å². The quantitative estimate of drug-likeness (QED) is 0.329. The van der Waals surface area contributed by atoms with Crippen molar-refractivity contribution in [2.75, 3.05) is 13.2 Å². The number of rotatable bonds is 9. The van der Waals surface area contributed by atoms with Gasteiger partial charge in [0, 0.05) is 24.7 Å². The number of hydrogen-bond donors (Lipinski definition) is 3. The smallest absolute Gasteiger partial charge is 0.328 e. The molecular weight excluding hydrogens is 454 g/mol. The number of carboxylic acid groups (broad SMARTS) is 2. The first-order chi connectivity index (χ1) is 17.4. The van der Waals surface area contributed by atoms with Gasteiger partial charge in [0.1, 0.15) is 6.10 Å². The van der Waals surface area contributed by atoms with E-state index in [1.165, 1.54) is 48.8 Å². The molecule has 0 spiro atoms. The number of carboxylic acids is 2. The third-order valence-electron chi connectivity index (χ3n) is 7.84. The highest BCUT2D eigenvalue weighted by molar-refractivity contribution is 5.89. The van der Waals surface area contributed by atoms with Gasteiger partial charge in [0.25, 0.3) is 0 Å². The van der Waals surface area contributed by atoms with Gasteiger partial charge in [-0.05, 0) is 73.8 Å². The van der Waals surface area contributed by atoms with Gasteiger partial charge in [0.05, 0.1) is 6.61 Å². The molecule has 0 aromatic heterocycles. The van der Waals surface area contributed by atoms with E-state index < -0.39 is 11.9 Å². The second-order valence-electron chi connectivity index (χ2n) is 10.5. The van der Waals surface area contributed by atoms with Crippen molar-refractivity contribution in [3.8, 4) is 0 Å². The summed E-state index contributed by atoms with van der Waals surface area (Å²) in [7, 11) is 0. The van der Waals surface area contributed by atoms with Crippen molar-refractivity contribution in [1.82, 2.24) is 5.32 Å². The first kappa shape index (κ1) is 26.1. The topological polar surface area (TPSA) is 95.9 Å². The molecule has 36 heavy (non-hydrogen) atoms. The molecule has 4 bridgehead atoms. The predicted octanol–water partition coefficient (Wildman–Crippen LogP) is 5.23. The molecule has 2 aromatic carbocycles. The molecule has 6 heteroatoms.